The van der Waals surface area contributed by atoms with E-state index in [4.69, 9.17) is 22.7 Å². The third-order valence-corrected chi connectivity index (χ3v) is 7.84. The molecule has 0 radical (unpaired) electrons. The summed E-state index contributed by atoms with van der Waals surface area (Å²) in [4.78, 5) is 40.4. The van der Waals surface area contributed by atoms with Gasteiger partial charge in [-0.25, -0.2) is 0 Å². The van der Waals surface area contributed by atoms with Crippen molar-refractivity contribution in [3.05, 3.63) is 50.7 Å². The molecule has 7 nitrogen and oxygen atoms in total. The molecule has 0 spiro atoms. The number of thioether (sulfide) groups is 1. The molecule has 1 aliphatic heterocycles. The molecule has 1 fully saturated rings. The van der Waals surface area contributed by atoms with Gasteiger partial charge in [0.2, 0.25) is 5.91 Å². The van der Waals surface area contributed by atoms with Crippen LogP contribution in [-0.4, -0.2) is 40.6 Å². The fourth-order valence-corrected chi connectivity index (χ4v) is 6.28. The molecule has 2 aromatic rings. The summed E-state index contributed by atoms with van der Waals surface area (Å²) in [6.07, 6.45) is 5.44. The number of ether oxygens (including phenoxy) is 1. The number of carbonyl (C=O) groups excluding carboxylic acids is 3. The number of rotatable bonds is 6. The molecule has 32 heavy (non-hydrogen) atoms. The van der Waals surface area contributed by atoms with Crippen LogP contribution in [0.2, 0.25) is 0 Å². The van der Waals surface area contributed by atoms with Gasteiger partial charge in [0.05, 0.1) is 17.6 Å². The Morgan fingerprint density at radius 2 is 1.97 bits per heavy atom. The van der Waals surface area contributed by atoms with Crippen LogP contribution < -0.4 is 15.8 Å². The first-order valence-electron chi connectivity index (χ1n) is 10.0. The number of anilines is 1. The Hall–Kier alpha value is -2.69. The van der Waals surface area contributed by atoms with Gasteiger partial charge in [0.1, 0.15) is 21.6 Å². The molecule has 0 bridgehead atoms. The Morgan fingerprint density at radius 1 is 1.25 bits per heavy atom. The van der Waals surface area contributed by atoms with Crippen LogP contribution >= 0.6 is 35.3 Å². The molecule has 2 heterocycles. The van der Waals surface area contributed by atoms with E-state index >= 15 is 0 Å². The lowest BCUT2D eigenvalue weighted by Crippen LogP contribution is -2.36. The van der Waals surface area contributed by atoms with Gasteiger partial charge in [-0.3, -0.25) is 19.3 Å². The first kappa shape index (κ1) is 22.5. The van der Waals surface area contributed by atoms with Crippen molar-refractivity contribution in [1.29, 1.82) is 0 Å². The number of fused-ring (bicyclic) bond motifs is 1. The minimum Gasteiger partial charge on any atom is -0.497 e. The zero-order valence-corrected chi connectivity index (χ0v) is 19.8. The maximum atomic E-state index is 12.8. The van der Waals surface area contributed by atoms with E-state index in [0.29, 0.717) is 19.8 Å². The predicted octanol–water partition coefficient (Wildman–Crippen LogP) is 3.57. The SMILES string of the molecule is COc1ccc(C=C2SC(=S)N(CC(=O)Nc3sc4c(c3C(N)=O)CCCC4)C2=O)cc1. The molecule has 0 saturated carbocycles. The van der Waals surface area contributed by atoms with Crippen molar-refractivity contribution in [2.24, 2.45) is 5.73 Å². The molecule has 10 heteroatoms. The molecule has 3 N–H and O–H groups in total. The van der Waals surface area contributed by atoms with Crippen molar-refractivity contribution in [3.8, 4) is 5.75 Å². The van der Waals surface area contributed by atoms with Gasteiger partial charge in [0, 0.05) is 4.88 Å². The van der Waals surface area contributed by atoms with Crippen LogP contribution in [0.25, 0.3) is 6.08 Å². The lowest BCUT2D eigenvalue weighted by atomic mass is 9.95. The Bertz CT molecular complexity index is 1140. The highest BCUT2D eigenvalue weighted by Crippen LogP contribution is 2.38. The largest absolute Gasteiger partial charge is 0.497 e. The van der Waals surface area contributed by atoms with Crippen LogP contribution in [0.5, 0.6) is 5.75 Å². The highest BCUT2D eigenvalue weighted by molar-refractivity contribution is 8.26. The number of primary amides is 1. The van der Waals surface area contributed by atoms with Crippen LogP contribution in [0.15, 0.2) is 29.2 Å². The number of thiophene rings is 1. The number of aryl methyl sites for hydroxylation is 1. The van der Waals surface area contributed by atoms with Crippen LogP contribution in [-0.2, 0) is 22.4 Å². The minimum atomic E-state index is -0.548. The van der Waals surface area contributed by atoms with Crippen LogP contribution in [0.1, 0.15) is 39.2 Å². The Labute approximate surface area is 199 Å². The van der Waals surface area contributed by atoms with E-state index in [1.807, 2.05) is 12.1 Å². The van der Waals surface area contributed by atoms with Crippen molar-refractivity contribution in [2.45, 2.75) is 25.7 Å². The summed E-state index contributed by atoms with van der Waals surface area (Å²) in [7, 11) is 1.59. The van der Waals surface area contributed by atoms with E-state index in [1.165, 1.54) is 16.2 Å². The van der Waals surface area contributed by atoms with Crippen molar-refractivity contribution < 1.29 is 19.1 Å². The lowest BCUT2D eigenvalue weighted by molar-refractivity contribution is -0.126. The second-order valence-electron chi connectivity index (χ2n) is 7.37. The molecule has 1 aliphatic carbocycles. The number of nitrogens with one attached hydrogen (secondary N) is 1. The summed E-state index contributed by atoms with van der Waals surface area (Å²) in [5.41, 5.74) is 7.75. The Kier molecular flexibility index (Phi) is 6.63. The quantitative estimate of drug-likeness (QED) is 0.477. The highest BCUT2D eigenvalue weighted by atomic mass is 32.2. The average molecular weight is 488 g/mol. The Morgan fingerprint density at radius 3 is 2.66 bits per heavy atom. The smallest absolute Gasteiger partial charge is 0.266 e. The highest BCUT2D eigenvalue weighted by Gasteiger charge is 2.34. The molecule has 0 unspecified atom stereocenters. The van der Waals surface area contributed by atoms with E-state index in [0.717, 1.165) is 59.2 Å². The zero-order valence-electron chi connectivity index (χ0n) is 17.3. The van der Waals surface area contributed by atoms with Gasteiger partial charge in [-0.05, 0) is 55.0 Å². The van der Waals surface area contributed by atoms with E-state index < -0.39 is 11.8 Å². The standard InChI is InChI=1S/C22H21N3O4S3/c1-29-13-8-6-12(7-9-13)10-16-21(28)25(22(30)32-16)11-17(26)24-20-18(19(23)27)14-4-2-3-5-15(14)31-20/h6-10H,2-5,11H2,1H3,(H2,23,27)(H,24,26). The number of amides is 3. The number of thiocarbonyl (C=S) groups is 1. The molecule has 1 aromatic carbocycles. The fourth-order valence-electron chi connectivity index (χ4n) is 3.71. The third-order valence-electron chi connectivity index (χ3n) is 5.26. The van der Waals surface area contributed by atoms with E-state index in [9.17, 15) is 14.4 Å². The number of hydrogen-bond acceptors (Lipinski definition) is 7. The van der Waals surface area contributed by atoms with Gasteiger partial charge < -0.3 is 15.8 Å². The lowest BCUT2D eigenvalue weighted by Gasteiger charge is -2.14. The van der Waals surface area contributed by atoms with Crippen LogP contribution in [0, 0.1) is 0 Å². The molecule has 1 saturated heterocycles. The summed E-state index contributed by atoms with van der Waals surface area (Å²) >= 11 is 7.87. The summed E-state index contributed by atoms with van der Waals surface area (Å²) in [6.45, 7) is -0.231. The van der Waals surface area contributed by atoms with Gasteiger partial charge in [-0.2, -0.15) is 0 Å². The van der Waals surface area contributed by atoms with Crippen molar-refractivity contribution in [1.82, 2.24) is 4.90 Å². The molecule has 3 amide bonds. The monoisotopic (exact) mass is 487 g/mol. The third kappa shape index (κ3) is 4.57. The van der Waals surface area contributed by atoms with Gasteiger partial charge in [0.15, 0.2) is 0 Å². The molecular formula is C22H21N3O4S3. The molecule has 166 valence electrons. The first-order valence-corrected chi connectivity index (χ1v) is 12.0. The van der Waals surface area contributed by atoms with Gasteiger partial charge >= 0.3 is 0 Å². The van der Waals surface area contributed by atoms with Crippen molar-refractivity contribution >= 4 is 68.4 Å². The predicted molar refractivity (Wildman–Crippen MR) is 131 cm³/mol. The first-order chi connectivity index (χ1) is 15.4. The number of nitrogens with two attached hydrogens (primary N) is 1. The minimum absolute atomic E-state index is 0.231. The molecule has 4 rings (SSSR count). The van der Waals surface area contributed by atoms with Gasteiger partial charge in [-0.1, -0.05) is 36.1 Å². The second kappa shape index (κ2) is 9.43. The van der Waals surface area contributed by atoms with Crippen LogP contribution in [0.3, 0.4) is 0 Å². The molecular weight excluding hydrogens is 466 g/mol. The maximum absolute atomic E-state index is 12.8. The van der Waals surface area contributed by atoms with Crippen molar-refractivity contribution in [2.75, 3.05) is 19.0 Å². The summed E-state index contributed by atoms with van der Waals surface area (Å²) in [5.74, 6) is -0.579. The maximum Gasteiger partial charge on any atom is 0.266 e. The Balaban J connectivity index is 1.47. The van der Waals surface area contributed by atoms with E-state index in [-0.39, 0.29) is 12.5 Å². The number of carbonyl (C=O) groups is 3. The number of benzene rings is 1. The molecule has 0 atom stereocenters. The topological polar surface area (TPSA) is 102 Å². The summed E-state index contributed by atoms with van der Waals surface area (Å²) < 4.78 is 5.45. The zero-order chi connectivity index (χ0) is 22.8. The summed E-state index contributed by atoms with van der Waals surface area (Å²) in [5, 5.41) is 3.23. The van der Waals surface area contributed by atoms with E-state index in [1.54, 1.807) is 25.3 Å². The average Bonchev–Trinajstić information content (AvgIpc) is 3.26. The van der Waals surface area contributed by atoms with Gasteiger partial charge in [0.25, 0.3) is 11.8 Å². The van der Waals surface area contributed by atoms with Gasteiger partial charge in [-0.15, -0.1) is 11.3 Å². The van der Waals surface area contributed by atoms with E-state index in [2.05, 4.69) is 5.32 Å². The number of nitrogens with zero attached hydrogens (tertiary/aromatic N) is 1. The van der Waals surface area contributed by atoms with Crippen LogP contribution in [0.4, 0.5) is 5.00 Å². The normalized spacial score (nSPS) is 16.9. The van der Waals surface area contributed by atoms with Crippen molar-refractivity contribution in [3.63, 3.8) is 0 Å². The molecule has 1 aromatic heterocycles. The number of methoxy groups -OCH3 is 1. The number of hydrogen-bond donors (Lipinski definition) is 2. The summed E-state index contributed by atoms with van der Waals surface area (Å²) in [6, 6.07) is 7.28. The fraction of sp³-hybridized carbons (Fsp3) is 0.273. The second-order valence-corrected chi connectivity index (χ2v) is 10.1. The molecule has 2 aliphatic rings.